The fourth-order valence-electron chi connectivity index (χ4n) is 4.49. The van der Waals surface area contributed by atoms with Gasteiger partial charge >= 0.3 is 0 Å². The molecular formula is C26H22ClF2N5O5S. The van der Waals surface area contributed by atoms with E-state index < -0.39 is 32.8 Å². The Balaban J connectivity index is 0.00000370. The molecule has 3 aromatic rings. The van der Waals surface area contributed by atoms with Crippen molar-refractivity contribution in [3.8, 4) is 5.75 Å². The van der Waals surface area contributed by atoms with E-state index in [4.69, 9.17) is 5.73 Å². The molecule has 2 aliphatic heterocycles. The van der Waals surface area contributed by atoms with Crippen molar-refractivity contribution < 1.29 is 27.1 Å². The van der Waals surface area contributed by atoms with Gasteiger partial charge in [-0.25, -0.2) is 22.2 Å². The molecule has 0 saturated heterocycles. The van der Waals surface area contributed by atoms with E-state index >= 15 is 0 Å². The summed E-state index contributed by atoms with van der Waals surface area (Å²) in [5.74, 6) is -1.21. The molecule has 0 radical (unpaired) electrons. The lowest BCUT2D eigenvalue weighted by molar-refractivity contribution is -0.711. The van der Waals surface area contributed by atoms with Gasteiger partial charge in [0, 0.05) is 29.9 Å². The monoisotopic (exact) mass is 589 g/mol. The van der Waals surface area contributed by atoms with Gasteiger partial charge in [0.25, 0.3) is 5.09 Å². The second kappa shape index (κ2) is 11.4. The molecule has 2 aliphatic rings. The molecule has 10 nitrogen and oxygen atoms in total. The second-order valence-electron chi connectivity index (χ2n) is 8.71. The standard InChI is InChI=1S/C26H21F2N5O5S.ClH/c27-22-7-3-1-5-16(22)13-17-14-32(39(36,37)19-11-9-18(10-12-19)38-33(34)35)15-21-24(17)30-26(29)31-25(21)20-6-2-4-8-23(20)28;/h1-13,25H,14-15H2,(H3,29,30,31);1H/b17-13+;. The van der Waals surface area contributed by atoms with Crippen molar-refractivity contribution >= 4 is 34.5 Å². The van der Waals surface area contributed by atoms with E-state index in [1.165, 1.54) is 48.5 Å². The maximum Gasteiger partial charge on any atom is 0.299 e. The number of nitrogens with two attached hydrogens (primary N) is 1. The van der Waals surface area contributed by atoms with Gasteiger partial charge in [-0.15, -0.1) is 22.5 Å². The summed E-state index contributed by atoms with van der Waals surface area (Å²) in [6.45, 7) is -0.352. The van der Waals surface area contributed by atoms with Crippen LogP contribution in [0.5, 0.6) is 5.75 Å². The zero-order valence-corrected chi connectivity index (χ0v) is 22.2. The van der Waals surface area contributed by atoms with E-state index in [1.807, 2.05) is 0 Å². The molecule has 0 amide bonds. The summed E-state index contributed by atoms with van der Waals surface area (Å²) >= 11 is 0. The van der Waals surface area contributed by atoms with Crippen molar-refractivity contribution in [2.24, 2.45) is 10.7 Å². The molecule has 40 heavy (non-hydrogen) atoms. The van der Waals surface area contributed by atoms with Gasteiger partial charge in [-0.2, -0.15) is 4.31 Å². The van der Waals surface area contributed by atoms with Crippen LogP contribution in [0.2, 0.25) is 0 Å². The van der Waals surface area contributed by atoms with Crippen molar-refractivity contribution in [3.05, 3.63) is 123 Å². The molecule has 3 aromatic carbocycles. The topological polar surface area (TPSA) is 140 Å². The minimum absolute atomic E-state index is 0. The molecule has 5 rings (SSSR count). The number of hydrogen-bond acceptors (Lipinski definition) is 8. The lowest BCUT2D eigenvalue weighted by Crippen LogP contribution is -2.46. The molecule has 2 heterocycles. The molecule has 0 aliphatic carbocycles. The largest absolute Gasteiger partial charge is 0.370 e. The van der Waals surface area contributed by atoms with Crippen LogP contribution in [-0.2, 0) is 10.0 Å². The first kappa shape index (κ1) is 28.7. The minimum atomic E-state index is -4.18. The number of guanidine groups is 1. The molecule has 3 N–H and O–H groups in total. The SMILES string of the molecule is Cl.NC1=NC(c2ccccc2F)C2=C(N1)/C(=C/c1ccccc1F)CN(S(=O)(=O)c1ccc(O[N+](=O)[O-])cc1)C2. The Morgan fingerprint density at radius 1 is 1.02 bits per heavy atom. The fraction of sp³-hybridized carbons (Fsp3) is 0.115. The molecule has 14 heteroatoms. The Hall–Kier alpha value is -4.33. The molecule has 0 aromatic heterocycles. The van der Waals surface area contributed by atoms with Gasteiger partial charge in [-0.05, 0) is 53.6 Å². The average Bonchev–Trinajstić information content (AvgIpc) is 2.90. The van der Waals surface area contributed by atoms with Gasteiger partial charge < -0.3 is 11.1 Å². The maximum absolute atomic E-state index is 14.9. The van der Waals surface area contributed by atoms with Crippen LogP contribution in [0.4, 0.5) is 8.78 Å². The van der Waals surface area contributed by atoms with Crippen LogP contribution in [0.1, 0.15) is 17.2 Å². The van der Waals surface area contributed by atoms with E-state index in [2.05, 4.69) is 15.1 Å². The Bertz CT molecular complexity index is 1660. The lowest BCUT2D eigenvalue weighted by atomic mass is 9.90. The molecule has 208 valence electrons. The number of sulfonamides is 1. The predicted octanol–water partition coefficient (Wildman–Crippen LogP) is 3.96. The van der Waals surface area contributed by atoms with Crippen LogP contribution in [0.15, 0.2) is 99.5 Å². The number of nitrogens with one attached hydrogen (secondary N) is 1. The summed E-state index contributed by atoms with van der Waals surface area (Å²) in [4.78, 5) is 19.2. The summed E-state index contributed by atoms with van der Waals surface area (Å²) in [6, 6.07) is 15.7. The van der Waals surface area contributed by atoms with E-state index in [-0.39, 0.29) is 53.2 Å². The number of hydrogen-bond donors (Lipinski definition) is 2. The Kier molecular flexibility index (Phi) is 8.18. The highest BCUT2D eigenvalue weighted by Gasteiger charge is 2.38. The van der Waals surface area contributed by atoms with Crippen LogP contribution in [0.25, 0.3) is 6.08 Å². The minimum Gasteiger partial charge on any atom is -0.370 e. The van der Waals surface area contributed by atoms with E-state index in [9.17, 15) is 27.3 Å². The smallest absolute Gasteiger partial charge is 0.299 e. The third kappa shape index (κ3) is 5.66. The molecular weight excluding hydrogens is 568 g/mol. The first-order chi connectivity index (χ1) is 18.6. The summed E-state index contributed by atoms with van der Waals surface area (Å²) in [5.41, 5.74) is 7.70. The molecule has 1 unspecified atom stereocenters. The Morgan fingerprint density at radius 2 is 1.68 bits per heavy atom. The summed E-state index contributed by atoms with van der Waals surface area (Å²) in [5, 5.41) is 12.6. The van der Waals surface area contributed by atoms with Gasteiger partial charge in [0.2, 0.25) is 10.0 Å². The average molecular weight is 590 g/mol. The number of halogens is 3. The van der Waals surface area contributed by atoms with Crippen molar-refractivity contribution in [3.63, 3.8) is 0 Å². The van der Waals surface area contributed by atoms with Crippen molar-refractivity contribution in [2.75, 3.05) is 13.1 Å². The first-order valence-corrected chi connectivity index (χ1v) is 13.0. The van der Waals surface area contributed by atoms with Crippen LogP contribution < -0.4 is 15.9 Å². The highest BCUT2D eigenvalue weighted by molar-refractivity contribution is 7.89. The Labute approximate surface area is 234 Å². The third-order valence-electron chi connectivity index (χ3n) is 6.26. The lowest BCUT2D eigenvalue weighted by Gasteiger charge is -2.37. The zero-order valence-electron chi connectivity index (χ0n) is 20.5. The van der Waals surface area contributed by atoms with E-state index in [1.54, 1.807) is 18.2 Å². The Morgan fingerprint density at radius 3 is 2.33 bits per heavy atom. The fourth-order valence-corrected chi connectivity index (χ4v) is 5.89. The first-order valence-electron chi connectivity index (χ1n) is 11.6. The van der Waals surface area contributed by atoms with Gasteiger partial charge in [-0.3, -0.25) is 4.84 Å². The maximum atomic E-state index is 14.9. The van der Waals surface area contributed by atoms with Crippen molar-refractivity contribution in [1.82, 2.24) is 9.62 Å². The number of nitrogens with zero attached hydrogens (tertiary/aromatic N) is 3. The van der Waals surface area contributed by atoms with Crippen LogP contribution in [-0.4, -0.2) is 36.9 Å². The van der Waals surface area contributed by atoms with E-state index in [0.717, 1.165) is 16.4 Å². The van der Waals surface area contributed by atoms with Crippen molar-refractivity contribution in [2.45, 2.75) is 10.9 Å². The zero-order chi connectivity index (χ0) is 27.7. The second-order valence-corrected chi connectivity index (χ2v) is 10.7. The van der Waals surface area contributed by atoms with Crippen LogP contribution >= 0.6 is 12.4 Å². The molecule has 0 bridgehead atoms. The molecule has 0 spiro atoms. The third-order valence-corrected chi connectivity index (χ3v) is 8.07. The normalized spacial score (nSPS) is 18.3. The number of benzene rings is 3. The van der Waals surface area contributed by atoms with Crippen molar-refractivity contribution in [1.29, 1.82) is 0 Å². The van der Waals surface area contributed by atoms with Gasteiger partial charge in [0.15, 0.2) is 5.96 Å². The van der Waals surface area contributed by atoms with Crippen LogP contribution in [0.3, 0.4) is 0 Å². The van der Waals surface area contributed by atoms with Gasteiger partial charge in [0.05, 0.1) is 4.90 Å². The predicted molar refractivity (Wildman–Crippen MR) is 145 cm³/mol. The number of aliphatic imine (C=N–C) groups is 1. The molecule has 0 fully saturated rings. The summed E-state index contributed by atoms with van der Waals surface area (Å²) in [6.07, 6.45) is 1.50. The highest BCUT2D eigenvalue weighted by atomic mass is 35.5. The molecule has 1 atom stereocenters. The molecule has 0 saturated carbocycles. The van der Waals surface area contributed by atoms with Gasteiger partial charge in [0.1, 0.15) is 23.4 Å². The quantitative estimate of drug-likeness (QED) is 0.328. The number of rotatable bonds is 6. The summed E-state index contributed by atoms with van der Waals surface area (Å²) < 4.78 is 58.0. The summed E-state index contributed by atoms with van der Waals surface area (Å²) in [7, 11) is -4.18. The highest BCUT2D eigenvalue weighted by Crippen LogP contribution is 2.39. The van der Waals surface area contributed by atoms with Crippen LogP contribution in [0, 0.1) is 21.7 Å². The van der Waals surface area contributed by atoms with E-state index in [0.29, 0.717) is 16.8 Å². The van der Waals surface area contributed by atoms with Gasteiger partial charge in [-0.1, -0.05) is 36.4 Å².